The highest BCUT2D eigenvalue weighted by Gasteiger charge is 2.10. The van der Waals surface area contributed by atoms with Crippen molar-refractivity contribution in [3.8, 4) is 11.1 Å². The van der Waals surface area contributed by atoms with E-state index in [-0.39, 0.29) is 0 Å². The van der Waals surface area contributed by atoms with Crippen LogP contribution in [0.4, 0.5) is 11.4 Å². The molecule has 5 aromatic rings. The Labute approximate surface area is 177 Å². The maximum atomic E-state index is 4.03. The summed E-state index contributed by atoms with van der Waals surface area (Å²) in [7, 11) is 0. The summed E-state index contributed by atoms with van der Waals surface area (Å²) in [6.45, 7) is 6.22. The molecule has 30 heavy (non-hydrogen) atoms. The van der Waals surface area contributed by atoms with Gasteiger partial charge < -0.3 is 5.32 Å². The number of hydrogen-bond donors (Lipinski definition) is 1. The van der Waals surface area contributed by atoms with Gasteiger partial charge in [-0.15, -0.1) is 0 Å². The van der Waals surface area contributed by atoms with Gasteiger partial charge in [0.1, 0.15) is 0 Å². The van der Waals surface area contributed by atoms with Crippen molar-refractivity contribution in [1.82, 2.24) is 0 Å². The van der Waals surface area contributed by atoms with E-state index in [4.69, 9.17) is 0 Å². The molecule has 0 saturated heterocycles. The standard InChI is InChI=1S/C29H23N/c1-3-21-10-7-11-24-12-13-25-16-19-27(20(2)28(25)29(21)24)30-26-17-14-23(15-18-26)22-8-5-4-6-9-22/h3-19,30H,1H2,2H3. The summed E-state index contributed by atoms with van der Waals surface area (Å²) in [5.41, 5.74) is 7.08. The molecule has 0 saturated carbocycles. The van der Waals surface area contributed by atoms with Gasteiger partial charge in [0.2, 0.25) is 0 Å². The largest absolute Gasteiger partial charge is 0.355 e. The first-order chi connectivity index (χ1) is 14.7. The highest BCUT2D eigenvalue weighted by atomic mass is 14.9. The Morgan fingerprint density at radius 2 is 1.30 bits per heavy atom. The van der Waals surface area contributed by atoms with Crippen molar-refractivity contribution in [2.45, 2.75) is 6.92 Å². The zero-order chi connectivity index (χ0) is 20.5. The van der Waals surface area contributed by atoms with Crippen LogP contribution >= 0.6 is 0 Å². The van der Waals surface area contributed by atoms with Gasteiger partial charge in [-0.3, -0.25) is 0 Å². The van der Waals surface area contributed by atoms with Crippen molar-refractivity contribution in [3.63, 3.8) is 0 Å². The van der Waals surface area contributed by atoms with E-state index in [0.717, 1.165) is 11.4 Å². The fourth-order valence-electron chi connectivity index (χ4n) is 4.24. The lowest BCUT2D eigenvalue weighted by atomic mass is 9.94. The van der Waals surface area contributed by atoms with Crippen molar-refractivity contribution in [2.75, 3.05) is 5.32 Å². The molecule has 5 rings (SSSR count). The number of benzene rings is 5. The Morgan fingerprint density at radius 1 is 0.633 bits per heavy atom. The van der Waals surface area contributed by atoms with Gasteiger partial charge in [-0.05, 0) is 68.9 Å². The van der Waals surface area contributed by atoms with Gasteiger partial charge in [0, 0.05) is 11.4 Å². The van der Waals surface area contributed by atoms with E-state index >= 15 is 0 Å². The zero-order valence-corrected chi connectivity index (χ0v) is 17.0. The lowest BCUT2D eigenvalue weighted by molar-refractivity contribution is 1.47. The summed E-state index contributed by atoms with van der Waals surface area (Å²) in [6, 6.07) is 34.2. The van der Waals surface area contributed by atoms with Gasteiger partial charge in [-0.1, -0.05) is 91.5 Å². The smallest absolute Gasteiger partial charge is 0.0420 e. The molecule has 0 bridgehead atoms. The molecule has 0 radical (unpaired) electrons. The van der Waals surface area contributed by atoms with Gasteiger partial charge in [0.05, 0.1) is 0 Å². The van der Waals surface area contributed by atoms with E-state index in [9.17, 15) is 0 Å². The average Bonchev–Trinajstić information content (AvgIpc) is 2.81. The predicted molar refractivity (Wildman–Crippen MR) is 131 cm³/mol. The van der Waals surface area contributed by atoms with E-state index in [1.807, 2.05) is 12.1 Å². The van der Waals surface area contributed by atoms with Crippen molar-refractivity contribution in [3.05, 3.63) is 115 Å². The molecule has 0 atom stereocenters. The number of aryl methyl sites for hydroxylation is 1. The summed E-state index contributed by atoms with van der Waals surface area (Å²) in [6.07, 6.45) is 1.95. The van der Waals surface area contributed by atoms with E-state index in [1.54, 1.807) is 0 Å². The molecule has 0 amide bonds. The second-order valence-corrected chi connectivity index (χ2v) is 7.62. The van der Waals surface area contributed by atoms with Gasteiger partial charge >= 0.3 is 0 Å². The third-order valence-corrected chi connectivity index (χ3v) is 5.81. The summed E-state index contributed by atoms with van der Waals surface area (Å²) < 4.78 is 0. The number of rotatable bonds is 4. The van der Waals surface area contributed by atoms with Crippen LogP contribution in [0.15, 0.2) is 104 Å². The summed E-state index contributed by atoms with van der Waals surface area (Å²) in [4.78, 5) is 0. The van der Waals surface area contributed by atoms with Gasteiger partial charge in [-0.2, -0.15) is 0 Å². The third kappa shape index (κ3) is 3.15. The Bertz CT molecular complexity index is 1360. The number of hydrogen-bond acceptors (Lipinski definition) is 1. The van der Waals surface area contributed by atoms with Gasteiger partial charge in [0.15, 0.2) is 0 Å². The Balaban J connectivity index is 1.57. The molecule has 0 aliphatic heterocycles. The minimum absolute atomic E-state index is 1.08. The van der Waals surface area contributed by atoms with Crippen LogP contribution in [-0.4, -0.2) is 0 Å². The van der Waals surface area contributed by atoms with Crippen LogP contribution in [0, 0.1) is 6.92 Å². The first-order valence-electron chi connectivity index (χ1n) is 10.2. The first kappa shape index (κ1) is 18.2. The van der Waals surface area contributed by atoms with Crippen LogP contribution in [0.25, 0.3) is 38.7 Å². The molecule has 1 nitrogen and oxygen atoms in total. The number of anilines is 2. The number of fused-ring (bicyclic) bond motifs is 3. The van der Waals surface area contributed by atoms with E-state index in [2.05, 4.69) is 110 Å². The Kier molecular flexibility index (Phi) is 4.57. The molecule has 0 aromatic heterocycles. The van der Waals surface area contributed by atoms with Crippen LogP contribution in [0.5, 0.6) is 0 Å². The summed E-state index contributed by atoms with van der Waals surface area (Å²) >= 11 is 0. The van der Waals surface area contributed by atoms with E-state index in [1.165, 1.54) is 43.8 Å². The molecule has 0 aliphatic carbocycles. The first-order valence-corrected chi connectivity index (χ1v) is 10.2. The monoisotopic (exact) mass is 385 g/mol. The fraction of sp³-hybridized carbons (Fsp3) is 0.0345. The van der Waals surface area contributed by atoms with Crippen molar-refractivity contribution < 1.29 is 0 Å². The maximum absolute atomic E-state index is 4.03. The lowest BCUT2D eigenvalue weighted by Crippen LogP contribution is -1.95. The van der Waals surface area contributed by atoms with Crippen molar-refractivity contribution >= 4 is 39.0 Å². The number of nitrogens with one attached hydrogen (secondary N) is 1. The summed E-state index contributed by atoms with van der Waals surface area (Å²) in [5.74, 6) is 0. The van der Waals surface area contributed by atoms with Crippen LogP contribution in [0.2, 0.25) is 0 Å². The SMILES string of the molecule is C=Cc1cccc2ccc3ccc(Nc4ccc(-c5ccccc5)cc4)c(C)c3c12. The topological polar surface area (TPSA) is 12.0 Å². The van der Waals surface area contributed by atoms with Crippen molar-refractivity contribution in [1.29, 1.82) is 0 Å². The summed E-state index contributed by atoms with van der Waals surface area (Å²) in [5, 5.41) is 8.67. The predicted octanol–water partition coefficient (Wildman–Crippen LogP) is 8.36. The average molecular weight is 386 g/mol. The molecule has 5 aromatic carbocycles. The molecule has 0 heterocycles. The fourth-order valence-corrected chi connectivity index (χ4v) is 4.24. The Hall–Kier alpha value is -3.84. The molecule has 0 fully saturated rings. The third-order valence-electron chi connectivity index (χ3n) is 5.81. The van der Waals surface area contributed by atoms with Crippen LogP contribution < -0.4 is 5.32 Å². The minimum atomic E-state index is 1.08. The second kappa shape index (κ2) is 7.53. The van der Waals surface area contributed by atoms with Gasteiger partial charge in [-0.25, -0.2) is 0 Å². The minimum Gasteiger partial charge on any atom is -0.355 e. The molecule has 0 unspecified atom stereocenters. The van der Waals surface area contributed by atoms with Gasteiger partial charge in [0.25, 0.3) is 0 Å². The quantitative estimate of drug-likeness (QED) is 0.306. The highest BCUT2D eigenvalue weighted by molar-refractivity contribution is 6.13. The molecule has 1 heteroatoms. The molecule has 1 N–H and O–H groups in total. The maximum Gasteiger partial charge on any atom is 0.0420 e. The zero-order valence-electron chi connectivity index (χ0n) is 17.0. The second-order valence-electron chi connectivity index (χ2n) is 7.62. The molecular weight excluding hydrogens is 362 g/mol. The Morgan fingerprint density at radius 3 is 2.03 bits per heavy atom. The molecular formula is C29H23N. The highest BCUT2D eigenvalue weighted by Crippen LogP contribution is 2.35. The molecule has 144 valence electrons. The van der Waals surface area contributed by atoms with Crippen molar-refractivity contribution in [2.24, 2.45) is 0 Å². The van der Waals surface area contributed by atoms with Crippen LogP contribution in [0.3, 0.4) is 0 Å². The van der Waals surface area contributed by atoms with Crippen LogP contribution in [0.1, 0.15) is 11.1 Å². The normalized spacial score (nSPS) is 11.0. The molecule has 0 aliphatic rings. The molecule has 0 spiro atoms. The van der Waals surface area contributed by atoms with Crippen LogP contribution in [-0.2, 0) is 0 Å². The van der Waals surface area contributed by atoms with E-state index < -0.39 is 0 Å². The lowest BCUT2D eigenvalue weighted by Gasteiger charge is -2.15. The van der Waals surface area contributed by atoms with E-state index in [0.29, 0.717) is 0 Å².